The maximum Gasteiger partial charge on any atom is 0.265 e. The van der Waals surface area contributed by atoms with E-state index in [1.807, 2.05) is 24.4 Å². The number of ether oxygens (including phenoxy) is 1. The van der Waals surface area contributed by atoms with E-state index in [-0.39, 0.29) is 29.2 Å². The van der Waals surface area contributed by atoms with Gasteiger partial charge in [0, 0.05) is 30.6 Å². The summed E-state index contributed by atoms with van der Waals surface area (Å²) in [5, 5.41) is 7.75. The number of hydrogen-bond acceptors (Lipinski definition) is 6. The summed E-state index contributed by atoms with van der Waals surface area (Å²) in [6, 6.07) is 7.14. The summed E-state index contributed by atoms with van der Waals surface area (Å²) in [4.78, 5) is 26.1. The lowest BCUT2D eigenvalue weighted by Gasteiger charge is -2.32. The Morgan fingerprint density at radius 3 is 2.91 bits per heavy atom. The maximum absolute atomic E-state index is 13.5. The van der Waals surface area contributed by atoms with E-state index >= 15 is 0 Å². The third-order valence-corrected chi connectivity index (χ3v) is 9.03. The molecule has 0 bridgehead atoms. The van der Waals surface area contributed by atoms with Crippen molar-refractivity contribution >= 4 is 38.9 Å². The van der Waals surface area contributed by atoms with Crippen molar-refractivity contribution in [3.63, 3.8) is 0 Å². The number of anilines is 1. The number of sulfonamides is 1. The Labute approximate surface area is 198 Å². The fraction of sp³-hybridized carbons (Fsp3) is 0.478. The molecule has 1 aromatic heterocycles. The van der Waals surface area contributed by atoms with Crippen LogP contribution < -0.4 is 15.4 Å². The third kappa shape index (κ3) is 5.07. The monoisotopic (exact) mass is 491 g/mol. The molecule has 2 atom stereocenters. The molecular formula is C23H29N3O5S2. The maximum atomic E-state index is 13.5. The Morgan fingerprint density at radius 1 is 1.36 bits per heavy atom. The van der Waals surface area contributed by atoms with Gasteiger partial charge in [-0.15, -0.1) is 11.3 Å². The Bertz CT molecular complexity index is 1130. The number of thiophene rings is 1. The molecule has 1 aromatic carbocycles. The molecule has 0 aliphatic carbocycles. The second-order valence-electron chi connectivity index (χ2n) is 8.44. The second kappa shape index (κ2) is 9.82. The van der Waals surface area contributed by atoms with Gasteiger partial charge >= 0.3 is 0 Å². The third-order valence-electron chi connectivity index (χ3n) is 6.09. The fourth-order valence-electron chi connectivity index (χ4n) is 4.25. The first-order valence-corrected chi connectivity index (χ1v) is 13.5. The highest BCUT2D eigenvalue weighted by Gasteiger charge is 2.35. The number of carbonyl (C=O) groups excluding carboxylic acids is 2. The molecule has 0 spiro atoms. The van der Waals surface area contributed by atoms with Crippen molar-refractivity contribution in [2.75, 3.05) is 25.0 Å². The van der Waals surface area contributed by atoms with Crippen LogP contribution in [0.1, 0.15) is 36.6 Å². The van der Waals surface area contributed by atoms with Crippen LogP contribution in [0.2, 0.25) is 0 Å². The Hall–Kier alpha value is -2.43. The molecule has 0 saturated carbocycles. The van der Waals surface area contributed by atoms with E-state index in [2.05, 4.69) is 10.6 Å². The molecule has 2 amide bonds. The topological polar surface area (TPSA) is 105 Å². The number of rotatable bonds is 7. The van der Waals surface area contributed by atoms with Gasteiger partial charge in [0.05, 0.1) is 16.5 Å². The molecule has 0 radical (unpaired) electrons. The predicted octanol–water partition coefficient (Wildman–Crippen LogP) is 2.93. The summed E-state index contributed by atoms with van der Waals surface area (Å²) in [7, 11) is -3.82. The molecular weight excluding hydrogens is 462 g/mol. The van der Waals surface area contributed by atoms with Crippen LogP contribution >= 0.6 is 11.3 Å². The smallest absolute Gasteiger partial charge is 0.265 e. The Kier molecular flexibility index (Phi) is 7.06. The zero-order valence-corrected chi connectivity index (χ0v) is 20.4. The van der Waals surface area contributed by atoms with Gasteiger partial charge < -0.3 is 15.4 Å². The minimum atomic E-state index is -3.82. The zero-order chi connectivity index (χ0) is 23.6. The largest absolute Gasteiger partial charge is 0.478 e. The van der Waals surface area contributed by atoms with Gasteiger partial charge in [-0.2, -0.15) is 4.31 Å². The Balaban J connectivity index is 1.46. The lowest BCUT2D eigenvalue weighted by molar-refractivity contribution is -0.126. The van der Waals surface area contributed by atoms with Gasteiger partial charge in [0.15, 0.2) is 6.10 Å². The zero-order valence-electron chi connectivity index (χ0n) is 18.8. The van der Waals surface area contributed by atoms with Gasteiger partial charge in [-0.3, -0.25) is 9.59 Å². The fourth-order valence-corrected chi connectivity index (χ4v) is 6.71. The number of piperidine rings is 1. The Morgan fingerprint density at radius 2 is 2.18 bits per heavy atom. The van der Waals surface area contributed by atoms with Crippen molar-refractivity contribution in [3.8, 4) is 5.75 Å². The van der Waals surface area contributed by atoms with Crippen molar-refractivity contribution in [2.45, 2.75) is 50.5 Å². The van der Waals surface area contributed by atoms with E-state index in [1.54, 1.807) is 24.3 Å². The number of amides is 2. The van der Waals surface area contributed by atoms with Gasteiger partial charge in [-0.05, 0) is 55.7 Å². The molecule has 10 heteroatoms. The number of hydrogen-bond donors (Lipinski definition) is 2. The van der Waals surface area contributed by atoms with Gasteiger partial charge in [0.2, 0.25) is 15.9 Å². The minimum Gasteiger partial charge on any atom is -0.478 e. The molecule has 4 rings (SSSR count). The van der Waals surface area contributed by atoms with Gasteiger partial charge in [-0.25, -0.2) is 8.42 Å². The van der Waals surface area contributed by atoms with Crippen LogP contribution in [0.25, 0.3) is 0 Å². The number of fused-ring (bicyclic) bond motifs is 1. The standard InChI is InChI=1S/C23H29N3O5S2/c1-3-19-23(28)25-18-12-15(2)21(13-20(18)31-19)33(29,30)26-10-4-6-16(14-26)22(27)24-9-8-17-7-5-11-32-17/h5,7,11-13,16,19H,3-4,6,8-10,14H2,1-2H3,(H,24,27)(H,25,28)/t16-,19-/m0/s1. The van der Waals surface area contributed by atoms with Crippen LogP contribution in [0.15, 0.2) is 34.5 Å². The van der Waals surface area contributed by atoms with Gasteiger partial charge in [0.25, 0.3) is 5.91 Å². The number of nitrogens with one attached hydrogen (secondary N) is 2. The molecule has 178 valence electrons. The van der Waals surface area contributed by atoms with Crippen LogP contribution in [0.5, 0.6) is 5.75 Å². The minimum absolute atomic E-state index is 0.106. The van der Waals surface area contributed by atoms with Crippen LogP contribution in [-0.4, -0.2) is 50.3 Å². The molecule has 2 aliphatic heterocycles. The first kappa shape index (κ1) is 23.7. The average molecular weight is 492 g/mol. The van der Waals surface area contributed by atoms with Gasteiger partial charge in [0.1, 0.15) is 5.75 Å². The first-order valence-electron chi connectivity index (χ1n) is 11.2. The van der Waals surface area contributed by atoms with E-state index in [1.165, 1.54) is 15.2 Å². The van der Waals surface area contributed by atoms with Crippen molar-refractivity contribution < 1.29 is 22.7 Å². The number of benzene rings is 1. The van der Waals surface area contributed by atoms with Crippen LogP contribution in [0.4, 0.5) is 5.69 Å². The summed E-state index contributed by atoms with van der Waals surface area (Å²) < 4.78 is 34.1. The highest BCUT2D eigenvalue weighted by Crippen LogP contribution is 2.36. The van der Waals surface area contributed by atoms with Crippen LogP contribution in [0.3, 0.4) is 0 Å². The lowest BCUT2D eigenvalue weighted by atomic mass is 9.99. The molecule has 1 saturated heterocycles. The molecule has 33 heavy (non-hydrogen) atoms. The molecule has 8 nitrogen and oxygen atoms in total. The number of carbonyl (C=O) groups is 2. The summed E-state index contributed by atoms with van der Waals surface area (Å²) in [6.07, 6.45) is 1.88. The molecule has 2 aliphatic rings. The van der Waals surface area contributed by atoms with Gasteiger partial charge in [-0.1, -0.05) is 13.0 Å². The lowest BCUT2D eigenvalue weighted by Crippen LogP contribution is -2.45. The first-order chi connectivity index (χ1) is 15.8. The summed E-state index contributed by atoms with van der Waals surface area (Å²) >= 11 is 1.65. The normalized spacial score (nSPS) is 21.1. The summed E-state index contributed by atoms with van der Waals surface area (Å²) in [5.74, 6) is -0.366. The van der Waals surface area contributed by atoms with E-state index in [4.69, 9.17) is 4.74 Å². The molecule has 2 aromatic rings. The van der Waals surface area contributed by atoms with Crippen molar-refractivity contribution in [1.82, 2.24) is 9.62 Å². The number of aryl methyl sites for hydroxylation is 1. The highest BCUT2D eigenvalue weighted by atomic mass is 32.2. The van der Waals surface area contributed by atoms with E-state index < -0.39 is 16.1 Å². The van der Waals surface area contributed by atoms with Crippen LogP contribution in [0, 0.1) is 12.8 Å². The number of nitrogens with zero attached hydrogens (tertiary/aromatic N) is 1. The molecule has 0 unspecified atom stereocenters. The van der Waals surface area contributed by atoms with E-state index in [9.17, 15) is 18.0 Å². The quantitative estimate of drug-likeness (QED) is 0.620. The molecule has 1 fully saturated rings. The molecule has 3 heterocycles. The second-order valence-corrected chi connectivity index (χ2v) is 11.4. The summed E-state index contributed by atoms with van der Waals surface area (Å²) in [6.45, 7) is 4.59. The molecule has 2 N–H and O–H groups in total. The van der Waals surface area contributed by atoms with Crippen molar-refractivity contribution in [3.05, 3.63) is 40.1 Å². The predicted molar refractivity (Wildman–Crippen MR) is 127 cm³/mol. The van der Waals surface area contributed by atoms with Crippen LogP contribution in [-0.2, 0) is 26.0 Å². The van der Waals surface area contributed by atoms with E-state index in [0.29, 0.717) is 49.4 Å². The highest BCUT2D eigenvalue weighted by molar-refractivity contribution is 7.89. The van der Waals surface area contributed by atoms with Crippen molar-refractivity contribution in [2.24, 2.45) is 5.92 Å². The average Bonchev–Trinajstić information content (AvgIpc) is 3.31. The van der Waals surface area contributed by atoms with E-state index in [0.717, 1.165) is 6.42 Å². The van der Waals surface area contributed by atoms with Crippen molar-refractivity contribution in [1.29, 1.82) is 0 Å². The summed E-state index contributed by atoms with van der Waals surface area (Å²) in [5.41, 5.74) is 0.998. The SMILES string of the molecule is CC[C@@H]1Oc2cc(S(=O)(=O)N3CCC[C@H](C(=O)NCCc4cccs4)C3)c(C)cc2NC1=O.